The highest BCUT2D eigenvalue weighted by molar-refractivity contribution is 7.91. The molecule has 118 valence electrons. The molecule has 0 aliphatic carbocycles. The van der Waals surface area contributed by atoms with Gasteiger partial charge in [0.15, 0.2) is 15.7 Å². The third kappa shape index (κ3) is 5.33. The highest BCUT2D eigenvalue weighted by atomic mass is 32.2. The van der Waals surface area contributed by atoms with E-state index in [2.05, 4.69) is 5.16 Å². The second-order valence-electron chi connectivity index (χ2n) is 4.62. The standard InChI is InChI=1S/C13H21N3O4S/c1-16(7-9-20-2)8-10-21(18,19)12-5-3-11(4-6-12)13(14)15-17/h3-6,17H,7-10H2,1-2H3,(H2,14,15). The molecule has 7 nitrogen and oxygen atoms in total. The molecule has 0 saturated carbocycles. The van der Waals surface area contributed by atoms with E-state index in [0.29, 0.717) is 25.3 Å². The zero-order valence-corrected chi connectivity index (χ0v) is 13.0. The molecule has 0 radical (unpaired) electrons. The predicted molar refractivity (Wildman–Crippen MR) is 80.4 cm³/mol. The Bertz CT molecular complexity index is 570. The Balaban J connectivity index is 2.70. The highest BCUT2D eigenvalue weighted by Crippen LogP contribution is 2.12. The number of nitrogens with zero attached hydrogens (tertiary/aromatic N) is 2. The van der Waals surface area contributed by atoms with Crippen LogP contribution in [0.3, 0.4) is 0 Å². The Kier molecular flexibility index (Phi) is 6.60. The van der Waals surface area contributed by atoms with Crippen LogP contribution in [-0.4, -0.2) is 64.0 Å². The van der Waals surface area contributed by atoms with Gasteiger partial charge >= 0.3 is 0 Å². The summed E-state index contributed by atoms with van der Waals surface area (Å²) in [6, 6.07) is 5.93. The summed E-state index contributed by atoms with van der Waals surface area (Å²) in [5.74, 6) is -0.0332. The van der Waals surface area contributed by atoms with E-state index in [4.69, 9.17) is 15.7 Å². The molecule has 0 fully saturated rings. The Morgan fingerprint density at radius 1 is 1.33 bits per heavy atom. The lowest BCUT2D eigenvalue weighted by molar-refractivity contribution is 0.164. The summed E-state index contributed by atoms with van der Waals surface area (Å²) >= 11 is 0. The van der Waals surface area contributed by atoms with Gasteiger partial charge in [-0.3, -0.25) is 0 Å². The number of rotatable bonds is 8. The van der Waals surface area contributed by atoms with E-state index < -0.39 is 9.84 Å². The van der Waals surface area contributed by atoms with Crippen molar-refractivity contribution < 1.29 is 18.4 Å². The summed E-state index contributed by atoms with van der Waals surface area (Å²) in [6.45, 7) is 1.66. The summed E-state index contributed by atoms with van der Waals surface area (Å²) in [6.07, 6.45) is 0. The van der Waals surface area contributed by atoms with Crippen molar-refractivity contribution in [2.24, 2.45) is 10.9 Å². The molecule has 0 unspecified atom stereocenters. The van der Waals surface area contributed by atoms with Gasteiger partial charge in [-0.2, -0.15) is 0 Å². The quantitative estimate of drug-likeness (QED) is 0.306. The summed E-state index contributed by atoms with van der Waals surface area (Å²) in [4.78, 5) is 2.11. The van der Waals surface area contributed by atoms with Gasteiger partial charge in [0.05, 0.1) is 17.3 Å². The van der Waals surface area contributed by atoms with Gasteiger partial charge in [-0.15, -0.1) is 0 Å². The first kappa shape index (κ1) is 17.4. The normalized spacial score (nSPS) is 12.8. The number of oxime groups is 1. The smallest absolute Gasteiger partial charge is 0.179 e. The van der Waals surface area contributed by atoms with Gasteiger partial charge in [-0.05, 0) is 31.3 Å². The fourth-order valence-electron chi connectivity index (χ4n) is 1.64. The van der Waals surface area contributed by atoms with Crippen molar-refractivity contribution in [1.82, 2.24) is 4.90 Å². The minimum atomic E-state index is -3.36. The van der Waals surface area contributed by atoms with Crippen LogP contribution >= 0.6 is 0 Å². The van der Waals surface area contributed by atoms with Gasteiger partial charge < -0.3 is 20.6 Å². The van der Waals surface area contributed by atoms with Crippen molar-refractivity contribution in [1.29, 1.82) is 0 Å². The average molecular weight is 315 g/mol. The summed E-state index contributed by atoms with van der Waals surface area (Å²) < 4.78 is 29.3. The number of nitrogens with two attached hydrogens (primary N) is 1. The van der Waals surface area contributed by atoms with Crippen LogP contribution in [0.25, 0.3) is 0 Å². The number of likely N-dealkylation sites (N-methyl/N-ethyl adjacent to an activating group) is 1. The molecular formula is C13H21N3O4S. The number of amidine groups is 1. The lowest BCUT2D eigenvalue weighted by Gasteiger charge is -2.15. The molecule has 3 N–H and O–H groups in total. The summed E-state index contributed by atoms with van der Waals surface area (Å²) in [7, 11) is 0.0928. The van der Waals surface area contributed by atoms with E-state index in [0.717, 1.165) is 0 Å². The second kappa shape index (κ2) is 7.96. The lowest BCUT2D eigenvalue weighted by atomic mass is 10.2. The molecule has 0 heterocycles. The zero-order chi connectivity index (χ0) is 15.9. The Labute approximate surface area is 124 Å². The van der Waals surface area contributed by atoms with Gasteiger partial charge in [0, 0.05) is 25.8 Å². The Hall–Kier alpha value is -1.64. The van der Waals surface area contributed by atoms with Gasteiger partial charge in [0.2, 0.25) is 0 Å². The van der Waals surface area contributed by atoms with E-state index in [1.807, 2.05) is 11.9 Å². The zero-order valence-electron chi connectivity index (χ0n) is 12.2. The molecule has 0 amide bonds. The molecule has 0 atom stereocenters. The van der Waals surface area contributed by atoms with Crippen molar-refractivity contribution >= 4 is 15.7 Å². The Morgan fingerprint density at radius 2 is 1.95 bits per heavy atom. The number of benzene rings is 1. The summed E-state index contributed by atoms with van der Waals surface area (Å²) in [5, 5.41) is 11.4. The van der Waals surface area contributed by atoms with Gasteiger partial charge in [-0.25, -0.2) is 8.42 Å². The van der Waals surface area contributed by atoms with Gasteiger partial charge in [0.1, 0.15) is 0 Å². The molecule has 8 heteroatoms. The number of ether oxygens (including phenoxy) is 1. The van der Waals surface area contributed by atoms with Crippen LogP contribution in [0.15, 0.2) is 34.3 Å². The van der Waals surface area contributed by atoms with E-state index >= 15 is 0 Å². The molecule has 1 aromatic carbocycles. The maximum absolute atomic E-state index is 12.2. The molecule has 0 aliphatic heterocycles. The van der Waals surface area contributed by atoms with E-state index in [-0.39, 0.29) is 16.5 Å². The third-order valence-corrected chi connectivity index (χ3v) is 4.75. The fourth-order valence-corrected chi connectivity index (χ4v) is 2.98. The van der Waals surface area contributed by atoms with Crippen LogP contribution < -0.4 is 5.73 Å². The van der Waals surface area contributed by atoms with Crippen molar-refractivity contribution in [2.45, 2.75) is 4.90 Å². The second-order valence-corrected chi connectivity index (χ2v) is 6.73. The average Bonchev–Trinajstić information content (AvgIpc) is 2.50. The first-order valence-corrected chi connectivity index (χ1v) is 8.04. The van der Waals surface area contributed by atoms with Crippen molar-refractivity contribution in [2.75, 3.05) is 39.6 Å². The van der Waals surface area contributed by atoms with Crippen LogP contribution in [0.4, 0.5) is 0 Å². The van der Waals surface area contributed by atoms with E-state index in [9.17, 15) is 8.42 Å². The lowest BCUT2D eigenvalue weighted by Crippen LogP contribution is -2.28. The molecule has 1 rings (SSSR count). The molecular weight excluding hydrogens is 294 g/mol. The minimum Gasteiger partial charge on any atom is -0.409 e. The topological polar surface area (TPSA) is 105 Å². The number of hydrogen-bond donors (Lipinski definition) is 2. The first-order valence-electron chi connectivity index (χ1n) is 6.39. The van der Waals surface area contributed by atoms with Crippen LogP contribution in [0, 0.1) is 0 Å². The van der Waals surface area contributed by atoms with Gasteiger partial charge in [0.25, 0.3) is 0 Å². The van der Waals surface area contributed by atoms with E-state index in [1.165, 1.54) is 24.3 Å². The first-order chi connectivity index (χ1) is 9.90. The van der Waals surface area contributed by atoms with Crippen LogP contribution in [0.2, 0.25) is 0 Å². The molecule has 0 bridgehead atoms. The molecule has 0 aromatic heterocycles. The van der Waals surface area contributed by atoms with Gasteiger partial charge in [-0.1, -0.05) is 5.16 Å². The van der Waals surface area contributed by atoms with Crippen molar-refractivity contribution in [3.8, 4) is 0 Å². The minimum absolute atomic E-state index is 0.0239. The number of sulfone groups is 1. The summed E-state index contributed by atoms with van der Waals surface area (Å²) in [5.41, 5.74) is 5.90. The largest absolute Gasteiger partial charge is 0.409 e. The van der Waals surface area contributed by atoms with Crippen LogP contribution in [-0.2, 0) is 14.6 Å². The monoisotopic (exact) mass is 315 g/mol. The van der Waals surface area contributed by atoms with Crippen LogP contribution in [0.5, 0.6) is 0 Å². The molecule has 1 aromatic rings. The molecule has 0 spiro atoms. The Morgan fingerprint density at radius 3 is 2.48 bits per heavy atom. The fraction of sp³-hybridized carbons (Fsp3) is 0.462. The number of hydrogen-bond acceptors (Lipinski definition) is 6. The molecule has 21 heavy (non-hydrogen) atoms. The molecule has 0 aliphatic rings. The van der Waals surface area contributed by atoms with Crippen molar-refractivity contribution in [3.63, 3.8) is 0 Å². The third-order valence-electron chi connectivity index (χ3n) is 3.04. The molecule has 0 saturated heterocycles. The van der Waals surface area contributed by atoms with E-state index in [1.54, 1.807) is 7.11 Å². The maximum Gasteiger partial charge on any atom is 0.179 e. The van der Waals surface area contributed by atoms with Crippen molar-refractivity contribution in [3.05, 3.63) is 29.8 Å². The number of methoxy groups -OCH3 is 1. The predicted octanol–water partition coefficient (Wildman–Crippen LogP) is 0.133. The highest BCUT2D eigenvalue weighted by Gasteiger charge is 2.15. The van der Waals surface area contributed by atoms with Crippen LogP contribution in [0.1, 0.15) is 5.56 Å². The maximum atomic E-state index is 12.2. The SMILES string of the molecule is COCCN(C)CCS(=O)(=O)c1ccc(/C(N)=N/O)cc1.